The minimum absolute atomic E-state index is 0.205. The lowest BCUT2D eigenvalue weighted by Gasteiger charge is -2.34. The molecular weight excluding hydrogens is 605 g/mol. The highest BCUT2D eigenvalue weighted by atomic mass is 32.1. The minimum atomic E-state index is -0.205. The molecule has 0 fully saturated rings. The Hall–Kier alpha value is -4.00. The van der Waals surface area contributed by atoms with Gasteiger partial charge in [-0.15, -0.1) is 25.3 Å². The Balaban J connectivity index is 1.14. The maximum absolute atomic E-state index is 6.17. The topological polar surface area (TPSA) is 24.9 Å². The molecule has 234 valence electrons. The van der Waals surface area contributed by atoms with Crippen LogP contribution in [-0.4, -0.2) is 13.5 Å². The van der Waals surface area contributed by atoms with Gasteiger partial charge in [-0.2, -0.15) is 0 Å². The average Bonchev–Trinajstić information content (AvgIpc) is 3.08. The zero-order valence-corrected chi connectivity index (χ0v) is 28.6. The van der Waals surface area contributed by atoms with E-state index in [0.29, 0.717) is 13.5 Å². The molecule has 0 saturated carbocycles. The Labute approximate surface area is 283 Å². The molecule has 5 aromatic carbocycles. The van der Waals surface area contributed by atoms with Crippen LogP contribution in [0.4, 0.5) is 11.4 Å². The fraction of sp³-hybridized carbons (Fsp3) is 0.250. The monoisotopic (exact) mass is 644 g/mol. The summed E-state index contributed by atoms with van der Waals surface area (Å²) in [5.74, 6) is 1.93. The van der Waals surface area contributed by atoms with E-state index in [2.05, 4.69) is 148 Å². The molecule has 2 heterocycles. The van der Waals surface area contributed by atoms with E-state index in [1.807, 2.05) is 24.3 Å². The molecule has 0 atom stereocenters. The summed E-state index contributed by atoms with van der Waals surface area (Å²) in [7, 11) is 0. The predicted molar refractivity (Wildman–Crippen MR) is 194 cm³/mol. The third-order valence-corrected chi connectivity index (χ3v) is 10.4. The number of nitrogens with zero attached hydrogens (tertiary/aromatic N) is 2. The molecular formula is C40H40N2O2S2. The smallest absolute Gasteiger partial charge is 0.161 e. The van der Waals surface area contributed by atoms with Gasteiger partial charge in [0.2, 0.25) is 0 Å². The molecule has 7 rings (SSSR count). The van der Waals surface area contributed by atoms with Crippen LogP contribution in [0.15, 0.2) is 119 Å². The van der Waals surface area contributed by atoms with Gasteiger partial charge in [0, 0.05) is 56.2 Å². The van der Waals surface area contributed by atoms with Crippen LogP contribution in [0.2, 0.25) is 0 Å². The Morgan fingerprint density at radius 1 is 0.500 bits per heavy atom. The molecule has 4 nitrogen and oxygen atoms in total. The fourth-order valence-corrected chi connectivity index (χ4v) is 6.85. The van der Waals surface area contributed by atoms with Crippen molar-refractivity contribution in [3.63, 3.8) is 0 Å². The highest BCUT2D eigenvalue weighted by Crippen LogP contribution is 2.41. The molecule has 46 heavy (non-hydrogen) atoms. The summed E-state index contributed by atoms with van der Waals surface area (Å²) in [5.41, 5.74) is 9.39. The minimum Gasteiger partial charge on any atom is -0.473 e. The second-order valence-corrected chi connectivity index (χ2v) is 14.5. The zero-order chi connectivity index (χ0) is 32.1. The van der Waals surface area contributed by atoms with Crippen molar-refractivity contribution in [2.75, 3.05) is 23.3 Å². The summed E-state index contributed by atoms with van der Waals surface area (Å²) in [4.78, 5) is 6.44. The molecule has 0 N–H and O–H groups in total. The van der Waals surface area contributed by atoms with Crippen LogP contribution in [0.3, 0.4) is 0 Å². The van der Waals surface area contributed by atoms with Crippen LogP contribution in [0, 0.1) is 0 Å². The summed E-state index contributed by atoms with van der Waals surface area (Å²) in [6.07, 6.45) is 0. The van der Waals surface area contributed by atoms with Crippen LogP contribution in [0.5, 0.6) is 11.5 Å². The first kappa shape index (κ1) is 30.6. The fourth-order valence-electron chi connectivity index (χ4n) is 6.55. The van der Waals surface area contributed by atoms with Gasteiger partial charge in [0.25, 0.3) is 0 Å². The maximum atomic E-state index is 6.17. The van der Waals surface area contributed by atoms with Crippen molar-refractivity contribution in [3.8, 4) is 11.5 Å². The number of fused-ring (bicyclic) bond motifs is 2. The number of benzene rings is 5. The molecule has 0 aromatic heterocycles. The Kier molecular flexibility index (Phi) is 7.98. The molecule has 0 unspecified atom stereocenters. The SMILES string of the molecule is CC(C)(c1cccc(C(C)(C)c2ccc3c(c2)CN(c2ccc(S)cc2)CO3)c1)c1ccc2c(c1)CN(c1ccc(S)cc1)CO2. The summed E-state index contributed by atoms with van der Waals surface area (Å²) < 4.78 is 12.3. The van der Waals surface area contributed by atoms with E-state index in [1.165, 1.54) is 33.4 Å². The molecule has 0 saturated heterocycles. The summed E-state index contributed by atoms with van der Waals surface area (Å²) in [6.45, 7) is 12.0. The summed E-state index contributed by atoms with van der Waals surface area (Å²) >= 11 is 8.89. The first-order valence-corrected chi connectivity index (χ1v) is 16.7. The molecule has 2 aliphatic heterocycles. The normalized spacial score (nSPS) is 14.7. The van der Waals surface area contributed by atoms with E-state index in [9.17, 15) is 0 Å². The van der Waals surface area contributed by atoms with Crippen molar-refractivity contribution in [2.45, 2.75) is 61.4 Å². The van der Waals surface area contributed by atoms with E-state index in [4.69, 9.17) is 9.47 Å². The lowest BCUT2D eigenvalue weighted by molar-refractivity contribution is 0.289. The molecule has 0 aliphatic carbocycles. The van der Waals surface area contributed by atoms with Gasteiger partial charge in [0.15, 0.2) is 13.5 Å². The van der Waals surface area contributed by atoms with Gasteiger partial charge in [-0.3, -0.25) is 0 Å². The molecule has 0 bridgehead atoms. The van der Waals surface area contributed by atoms with Crippen molar-refractivity contribution in [3.05, 3.63) is 143 Å². The molecule has 0 spiro atoms. The number of anilines is 2. The quantitative estimate of drug-likeness (QED) is 0.180. The third kappa shape index (κ3) is 5.85. The largest absolute Gasteiger partial charge is 0.473 e. The molecule has 0 amide bonds. The van der Waals surface area contributed by atoms with Gasteiger partial charge in [-0.1, -0.05) is 64.1 Å². The van der Waals surface area contributed by atoms with Crippen molar-refractivity contribution >= 4 is 36.6 Å². The number of hydrogen-bond donors (Lipinski definition) is 2. The van der Waals surface area contributed by atoms with Gasteiger partial charge in [-0.25, -0.2) is 0 Å². The standard InChI is InChI=1S/C40H40N2O2S2/c1-39(2,31-8-18-37-27(20-31)23-41(25-43-37)33-10-14-35(45)15-11-33)29-6-5-7-30(22-29)40(3,4)32-9-19-38-28(21-32)24-42(26-44-38)34-12-16-36(46)17-13-34/h5-22,45-46H,23-26H2,1-4H3. The van der Waals surface area contributed by atoms with Crippen LogP contribution in [0.25, 0.3) is 0 Å². The van der Waals surface area contributed by atoms with Crippen molar-refractivity contribution in [1.29, 1.82) is 0 Å². The van der Waals surface area contributed by atoms with E-state index >= 15 is 0 Å². The molecule has 5 aromatic rings. The third-order valence-electron chi connectivity index (χ3n) is 9.77. The van der Waals surface area contributed by atoms with E-state index in [0.717, 1.165) is 45.8 Å². The van der Waals surface area contributed by atoms with Gasteiger partial charge >= 0.3 is 0 Å². The summed E-state index contributed by atoms with van der Waals surface area (Å²) in [5, 5.41) is 0. The van der Waals surface area contributed by atoms with Gasteiger partial charge in [0.05, 0.1) is 0 Å². The Morgan fingerprint density at radius 2 is 0.891 bits per heavy atom. The van der Waals surface area contributed by atoms with E-state index < -0.39 is 0 Å². The van der Waals surface area contributed by atoms with Crippen LogP contribution >= 0.6 is 25.3 Å². The van der Waals surface area contributed by atoms with Crippen LogP contribution in [0.1, 0.15) is 61.1 Å². The first-order chi connectivity index (χ1) is 22.1. The highest BCUT2D eigenvalue weighted by Gasteiger charge is 2.30. The van der Waals surface area contributed by atoms with Gasteiger partial charge < -0.3 is 19.3 Å². The van der Waals surface area contributed by atoms with Crippen LogP contribution in [-0.2, 0) is 23.9 Å². The van der Waals surface area contributed by atoms with Crippen molar-refractivity contribution < 1.29 is 9.47 Å². The molecule has 0 radical (unpaired) electrons. The summed E-state index contributed by atoms with van der Waals surface area (Å²) in [6, 6.07) is 39.0. The average molecular weight is 645 g/mol. The second-order valence-electron chi connectivity index (χ2n) is 13.5. The predicted octanol–water partition coefficient (Wildman–Crippen LogP) is 9.63. The highest BCUT2D eigenvalue weighted by molar-refractivity contribution is 7.80. The Bertz CT molecular complexity index is 1750. The number of thiol groups is 2. The number of hydrogen-bond acceptors (Lipinski definition) is 6. The zero-order valence-electron chi connectivity index (χ0n) is 26.8. The molecule has 2 aliphatic rings. The lowest BCUT2D eigenvalue weighted by Crippen LogP contribution is -2.32. The maximum Gasteiger partial charge on any atom is 0.161 e. The molecule has 6 heteroatoms. The van der Waals surface area contributed by atoms with Crippen molar-refractivity contribution in [2.24, 2.45) is 0 Å². The van der Waals surface area contributed by atoms with Gasteiger partial charge in [0.1, 0.15) is 11.5 Å². The Morgan fingerprint density at radius 3 is 1.30 bits per heavy atom. The second kappa shape index (κ2) is 12.0. The van der Waals surface area contributed by atoms with E-state index in [-0.39, 0.29) is 10.8 Å². The number of ether oxygens (including phenoxy) is 2. The van der Waals surface area contributed by atoms with Crippen molar-refractivity contribution in [1.82, 2.24) is 0 Å². The number of rotatable bonds is 6. The van der Waals surface area contributed by atoms with Crippen LogP contribution < -0.4 is 19.3 Å². The van der Waals surface area contributed by atoms with Gasteiger partial charge in [-0.05, 0) is 95.1 Å². The van der Waals surface area contributed by atoms with E-state index in [1.54, 1.807) is 0 Å². The first-order valence-electron chi connectivity index (χ1n) is 15.8. The lowest BCUT2D eigenvalue weighted by atomic mass is 9.73.